The number of rotatable bonds is 4. The number of hydrogen-bond acceptors (Lipinski definition) is 6. The van der Waals surface area contributed by atoms with Crippen molar-refractivity contribution in [2.75, 3.05) is 12.3 Å². The van der Waals surface area contributed by atoms with E-state index in [1.807, 2.05) is 42.5 Å². The minimum Gasteiger partial charge on any atom is -0.384 e. The number of amides is 1. The Balaban J connectivity index is 1.66. The van der Waals surface area contributed by atoms with Crippen LogP contribution in [0, 0.1) is 11.8 Å². The zero-order valence-corrected chi connectivity index (χ0v) is 19.3. The van der Waals surface area contributed by atoms with E-state index in [4.69, 9.17) is 10.8 Å². The van der Waals surface area contributed by atoms with Crippen LogP contribution in [0.5, 0.6) is 0 Å². The number of hydrogen-bond donors (Lipinski definition) is 3. The fraction of sp³-hybridized carbons (Fsp3) is 0.111. The first-order valence-corrected chi connectivity index (χ1v) is 11.2. The zero-order chi connectivity index (χ0) is 25.2. The Labute approximate surface area is 205 Å². The highest BCUT2D eigenvalue weighted by molar-refractivity contribution is 6.04. The summed E-state index contributed by atoms with van der Waals surface area (Å²) in [6.45, 7) is 1.48. The number of aliphatic hydroxyl groups excluding tert-OH is 1. The van der Waals surface area contributed by atoms with Gasteiger partial charge in [0.2, 0.25) is 0 Å². The lowest BCUT2D eigenvalue weighted by Crippen LogP contribution is -2.32. The van der Waals surface area contributed by atoms with Crippen LogP contribution in [0.15, 0.2) is 77.9 Å². The second kappa shape index (κ2) is 9.37. The Morgan fingerprint density at radius 1 is 1.17 bits per heavy atom. The van der Waals surface area contributed by atoms with Gasteiger partial charge in [0.25, 0.3) is 11.5 Å². The summed E-state index contributed by atoms with van der Waals surface area (Å²) in [5, 5.41) is 17.4. The van der Waals surface area contributed by atoms with Crippen LogP contribution in [0.3, 0.4) is 0 Å². The topological polar surface area (TPSA) is 128 Å². The van der Waals surface area contributed by atoms with Crippen LogP contribution in [0.4, 0.5) is 5.82 Å². The Morgan fingerprint density at radius 3 is 2.75 bits per heavy atom. The van der Waals surface area contributed by atoms with Gasteiger partial charge in [-0.2, -0.15) is 0 Å². The van der Waals surface area contributed by atoms with Crippen molar-refractivity contribution in [1.82, 2.24) is 24.5 Å². The second-order valence-corrected chi connectivity index (χ2v) is 8.12. The molecule has 0 radical (unpaired) electrons. The largest absolute Gasteiger partial charge is 0.384 e. The summed E-state index contributed by atoms with van der Waals surface area (Å²) in [4.78, 5) is 31.4. The predicted molar refractivity (Wildman–Crippen MR) is 137 cm³/mol. The third kappa shape index (κ3) is 3.96. The molecule has 0 aliphatic heterocycles. The zero-order valence-electron chi connectivity index (χ0n) is 19.3. The van der Waals surface area contributed by atoms with Gasteiger partial charge >= 0.3 is 0 Å². The third-order valence-electron chi connectivity index (χ3n) is 5.83. The highest BCUT2D eigenvalue weighted by atomic mass is 16.2. The van der Waals surface area contributed by atoms with E-state index in [1.54, 1.807) is 42.1 Å². The van der Waals surface area contributed by atoms with Crippen LogP contribution in [0.2, 0.25) is 0 Å². The van der Waals surface area contributed by atoms with E-state index in [0.29, 0.717) is 33.4 Å². The Morgan fingerprint density at radius 2 is 1.97 bits per heavy atom. The van der Waals surface area contributed by atoms with Crippen molar-refractivity contribution in [3.05, 3.63) is 100 Å². The Bertz CT molecular complexity index is 1730. The highest BCUT2D eigenvalue weighted by Gasteiger charge is 2.23. The van der Waals surface area contributed by atoms with Gasteiger partial charge < -0.3 is 16.2 Å². The number of fused-ring (bicyclic) bond motifs is 2. The number of carbonyl (C=O) groups is 1. The van der Waals surface area contributed by atoms with Crippen molar-refractivity contribution in [3.8, 4) is 17.5 Å². The molecule has 5 aromatic rings. The van der Waals surface area contributed by atoms with Gasteiger partial charge in [-0.15, -0.1) is 5.10 Å². The van der Waals surface area contributed by atoms with Gasteiger partial charge in [0, 0.05) is 29.3 Å². The standard InChI is InChI=1S/C27H22N6O3/c1-17(30-26(35)23-24(28)31-32-14-7-13-29-25(23)32)21-16-19-9-5-8-18(10-6-15-34)22(19)27(36)33(21)20-11-3-2-4-12-20/h2-5,7-9,11-14,16-17,34H,15H2,1H3,(H2,28,31)(H,30,35)/t17-/m1/s1. The summed E-state index contributed by atoms with van der Waals surface area (Å²) in [6, 6.07) is 17.5. The summed E-state index contributed by atoms with van der Waals surface area (Å²) in [5.74, 6) is 5.09. The van der Waals surface area contributed by atoms with Gasteiger partial charge in [0.05, 0.1) is 11.4 Å². The average molecular weight is 479 g/mol. The lowest BCUT2D eigenvalue weighted by molar-refractivity contribution is 0.0941. The maximum Gasteiger partial charge on any atom is 0.264 e. The van der Waals surface area contributed by atoms with E-state index in [2.05, 4.69) is 27.2 Å². The van der Waals surface area contributed by atoms with Crippen molar-refractivity contribution >= 4 is 28.1 Å². The van der Waals surface area contributed by atoms with Gasteiger partial charge in [0.1, 0.15) is 12.2 Å². The molecule has 1 atom stereocenters. The Kier molecular flexibility index (Phi) is 5.94. The van der Waals surface area contributed by atoms with Gasteiger partial charge in [-0.05, 0) is 42.6 Å². The number of para-hydroxylation sites is 1. The third-order valence-corrected chi connectivity index (χ3v) is 5.83. The molecule has 1 amide bonds. The van der Waals surface area contributed by atoms with Crippen LogP contribution in [-0.4, -0.2) is 36.8 Å². The first-order chi connectivity index (χ1) is 17.5. The van der Waals surface area contributed by atoms with Crippen LogP contribution >= 0.6 is 0 Å². The normalized spacial score (nSPS) is 11.7. The number of benzene rings is 2. The van der Waals surface area contributed by atoms with Gasteiger partial charge in [0.15, 0.2) is 11.5 Å². The van der Waals surface area contributed by atoms with Crippen LogP contribution in [0.1, 0.15) is 34.6 Å². The predicted octanol–water partition coefficient (Wildman–Crippen LogP) is 2.45. The molecule has 0 bridgehead atoms. The van der Waals surface area contributed by atoms with Gasteiger partial charge in [-0.3, -0.25) is 14.2 Å². The minimum absolute atomic E-state index is 0.0597. The maximum absolute atomic E-state index is 13.9. The first-order valence-electron chi connectivity index (χ1n) is 11.2. The number of anilines is 1. The quantitative estimate of drug-likeness (QED) is 0.341. The number of nitrogens with zero attached hydrogens (tertiary/aromatic N) is 4. The van der Waals surface area contributed by atoms with Crippen molar-refractivity contribution in [2.24, 2.45) is 0 Å². The molecule has 0 aliphatic carbocycles. The molecule has 2 aromatic carbocycles. The summed E-state index contributed by atoms with van der Waals surface area (Å²) in [5.41, 5.74) is 7.98. The van der Waals surface area contributed by atoms with Crippen LogP contribution in [-0.2, 0) is 0 Å². The van der Waals surface area contributed by atoms with Crippen molar-refractivity contribution < 1.29 is 9.90 Å². The number of nitrogens with two attached hydrogens (primary N) is 1. The van der Waals surface area contributed by atoms with Gasteiger partial charge in [-0.1, -0.05) is 42.2 Å². The minimum atomic E-state index is -0.583. The summed E-state index contributed by atoms with van der Waals surface area (Å²) < 4.78 is 3.01. The smallest absolute Gasteiger partial charge is 0.264 e. The number of nitrogen functional groups attached to an aromatic ring is 1. The van der Waals surface area contributed by atoms with Crippen LogP contribution < -0.4 is 16.6 Å². The molecule has 3 aromatic heterocycles. The monoisotopic (exact) mass is 478 g/mol. The summed E-state index contributed by atoms with van der Waals surface area (Å²) in [7, 11) is 0. The van der Waals surface area contributed by atoms with Crippen LogP contribution in [0.25, 0.3) is 22.1 Å². The molecule has 178 valence electrons. The number of nitrogens with one attached hydrogen (secondary N) is 1. The van der Waals surface area contributed by atoms with Crippen molar-refractivity contribution in [3.63, 3.8) is 0 Å². The molecule has 0 fully saturated rings. The average Bonchev–Trinajstić information content (AvgIpc) is 3.23. The molecule has 9 heteroatoms. The molecule has 0 unspecified atom stereocenters. The van der Waals surface area contributed by atoms with E-state index in [1.165, 1.54) is 4.52 Å². The number of pyridine rings is 1. The van der Waals surface area contributed by atoms with E-state index < -0.39 is 11.9 Å². The van der Waals surface area contributed by atoms with E-state index >= 15 is 0 Å². The number of aromatic nitrogens is 4. The van der Waals surface area contributed by atoms with Crippen molar-refractivity contribution in [2.45, 2.75) is 13.0 Å². The molecule has 3 heterocycles. The first kappa shape index (κ1) is 22.8. The van der Waals surface area contributed by atoms with E-state index in [9.17, 15) is 9.59 Å². The molecule has 0 saturated carbocycles. The maximum atomic E-state index is 13.9. The molecule has 0 spiro atoms. The molecule has 0 aliphatic rings. The Hall–Kier alpha value is -4.94. The summed E-state index contributed by atoms with van der Waals surface area (Å²) in [6.07, 6.45) is 3.22. The lowest BCUT2D eigenvalue weighted by Gasteiger charge is -2.21. The molecule has 4 N–H and O–H groups in total. The van der Waals surface area contributed by atoms with Gasteiger partial charge in [-0.25, -0.2) is 9.50 Å². The number of aliphatic hydroxyl groups is 1. The second-order valence-electron chi connectivity index (χ2n) is 8.12. The molecular weight excluding hydrogens is 456 g/mol. The highest BCUT2D eigenvalue weighted by Crippen LogP contribution is 2.24. The lowest BCUT2D eigenvalue weighted by atomic mass is 10.0. The molecule has 5 rings (SSSR count). The fourth-order valence-electron chi connectivity index (χ4n) is 4.25. The molecule has 0 saturated heterocycles. The summed E-state index contributed by atoms with van der Waals surface area (Å²) >= 11 is 0. The van der Waals surface area contributed by atoms with E-state index in [0.717, 1.165) is 0 Å². The fourth-order valence-corrected chi connectivity index (χ4v) is 4.25. The molecular formula is C27H22N6O3. The van der Waals surface area contributed by atoms with Crippen molar-refractivity contribution in [1.29, 1.82) is 0 Å². The molecule has 9 nitrogen and oxygen atoms in total. The molecule has 36 heavy (non-hydrogen) atoms. The van der Waals surface area contributed by atoms with E-state index in [-0.39, 0.29) is 23.5 Å². The SMILES string of the molecule is C[C@@H](NC(=O)c1c(N)nn2cccnc12)c1cc2cccc(C#CCO)c2c(=O)n1-c1ccccc1. The number of carbonyl (C=O) groups excluding carboxylic acids is 1.